The van der Waals surface area contributed by atoms with Crippen molar-refractivity contribution < 1.29 is 4.79 Å². The molecule has 5 aliphatic carbocycles. The maximum absolute atomic E-state index is 13.2. The van der Waals surface area contributed by atoms with Crippen molar-refractivity contribution in [2.24, 2.45) is 23.7 Å². The van der Waals surface area contributed by atoms with Crippen molar-refractivity contribution >= 4 is 29.3 Å². The molecule has 1 N–H and O–H groups in total. The molecule has 5 fully saturated rings. The van der Waals surface area contributed by atoms with Gasteiger partial charge in [-0.15, -0.1) is 11.8 Å². The van der Waals surface area contributed by atoms with Gasteiger partial charge in [0, 0.05) is 11.3 Å². The Bertz CT molecular complexity index is 690. The molecule has 0 saturated heterocycles. The first-order valence-corrected chi connectivity index (χ1v) is 12.1. The molecule has 1 aromatic rings. The topological polar surface area (TPSA) is 42.0 Å². The molecular weight excluding hydrogens is 376 g/mol. The zero-order chi connectivity index (χ0) is 18.4. The van der Waals surface area contributed by atoms with E-state index in [1.165, 1.54) is 64.2 Å². The van der Waals surface area contributed by atoms with Crippen LogP contribution in [-0.4, -0.2) is 22.2 Å². The fourth-order valence-corrected chi connectivity index (χ4v) is 7.93. The molecule has 0 spiro atoms. The van der Waals surface area contributed by atoms with Crippen molar-refractivity contribution in [3.8, 4) is 0 Å². The molecule has 0 unspecified atom stereocenters. The van der Waals surface area contributed by atoms with Crippen molar-refractivity contribution in [3.63, 3.8) is 0 Å². The Morgan fingerprint density at radius 1 is 1.00 bits per heavy atom. The normalized spacial score (nSPS) is 35.4. The van der Waals surface area contributed by atoms with Crippen molar-refractivity contribution in [2.45, 2.75) is 80.5 Å². The Morgan fingerprint density at radius 2 is 1.67 bits per heavy atom. The smallest absolute Gasteiger partial charge is 0.254 e. The molecule has 146 valence electrons. The largest absolute Gasteiger partial charge is 0.349 e. The third-order valence-corrected chi connectivity index (χ3v) is 8.98. The third-order valence-electron chi connectivity index (χ3n) is 7.43. The van der Waals surface area contributed by atoms with Crippen LogP contribution in [0.1, 0.15) is 74.6 Å². The van der Waals surface area contributed by atoms with E-state index in [4.69, 9.17) is 11.6 Å². The van der Waals surface area contributed by atoms with E-state index in [1.807, 2.05) is 6.07 Å². The minimum atomic E-state index is 0.0648. The fraction of sp³-hybridized carbons (Fsp3) is 0.727. The van der Waals surface area contributed by atoms with Gasteiger partial charge in [0.05, 0.1) is 5.56 Å². The number of rotatable bonds is 4. The Morgan fingerprint density at radius 3 is 2.33 bits per heavy atom. The molecular formula is C22H29ClN2OS. The second-order valence-electron chi connectivity index (χ2n) is 9.29. The van der Waals surface area contributed by atoms with Gasteiger partial charge in [-0.1, -0.05) is 30.9 Å². The zero-order valence-corrected chi connectivity index (χ0v) is 17.4. The highest BCUT2D eigenvalue weighted by atomic mass is 35.5. The Kier molecular flexibility index (Phi) is 5.14. The molecule has 1 amide bonds. The number of nitrogens with zero attached hydrogens (tertiary/aromatic N) is 1. The summed E-state index contributed by atoms with van der Waals surface area (Å²) in [6.45, 7) is 0. The number of hydrogen-bond donors (Lipinski definition) is 1. The first kappa shape index (κ1) is 18.3. The van der Waals surface area contributed by atoms with Gasteiger partial charge in [0.15, 0.2) is 0 Å². The summed E-state index contributed by atoms with van der Waals surface area (Å²) < 4.78 is 0. The number of aromatic nitrogens is 1. The van der Waals surface area contributed by atoms with Gasteiger partial charge < -0.3 is 5.32 Å². The van der Waals surface area contributed by atoms with E-state index < -0.39 is 0 Å². The quantitative estimate of drug-likeness (QED) is 0.653. The number of carbonyl (C=O) groups excluding carboxylic acids is 1. The lowest BCUT2D eigenvalue weighted by Gasteiger charge is -2.54. The van der Waals surface area contributed by atoms with E-state index in [0.29, 0.717) is 28.3 Å². The molecule has 5 saturated carbocycles. The fourth-order valence-electron chi connectivity index (χ4n) is 6.41. The number of nitrogens with one attached hydrogen (secondary N) is 1. The van der Waals surface area contributed by atoms with Crippen LogP contribution < -0.4 is 5.32 Å². The maximum Gasteiger partial charge on any atom is 0.254 e. The van der Waals surface area contributed by atoms with Crippen LogP contribution >= 0.6 is 23.4 Å². The van der Waals surface area contributed by atoms with Crippen LogP contribution in [0.4, 0.5) is 0 Å². The number of amides is 1. The summed E-state index contributed by atoms with van der Waals surface area (Å²) in [5.41, 5.74) is 0.726. The van der Waals surface area contributed by atoms with E-state index in [0.717, 1.165) is 22.4 Å². The second kappa shape index (κ2) is 7.59. The minimum absolute atomic E-state index is 0.0648. The second-order valence-corrected chi connectivity index (χ2v) is 11.0. The molecule has 1 heterocycles. The van der Waals surface area contributed by atoms with Gasteiger partial charge in [-0.3, -0.25) is 4.79 Å². The average molecular weight is 405 g/mol. The van der Waals surface area contributed by atoms with Crippen LogP contribution in [-0.2, 0) is 0 Å². The van der Waals surface area contributed by atoms with Gasteiger partial charge >= 0.3 is 0 Å². The summed E-state index contributed by atoms with van der Waals surface area (Å²) in [6, 6.07) is 4.01. The highest BCUT2D eigenvalue weighted by Crippen LogP contribution is 2.53. The first-order chi connectivity index (χ1) is 13.2. The summed E-state index contributed by atoms with van der Waals surface area (Å²) in [6.07, 6.45) is 13.1. The van der Waals surface area contributed by atoms with E-state index in [-0.39, 0.29) is 5.91 Å². The van der Waals surface area contributed by atoms with Gasteiger partial charge in [0.25, 0.3) is 5.91 Å². The average Bonchev–Trinajstić information content (AvgIpc) is 2.65. The Balaban J connectivity index is 1.32. The molecule has 6 rings (SSSR count). The van der Waals surface area contributed by atoms with Crippen LogP contribution in [0.25, 0.3) is 0 Å². The van der Waals surface area contributed by atoms with Crippen molar-refractivity contribution in [1.29, 1.82) is 0 Å². The lowest BCUT2D eigenvalue weighted by Crippen LogP contribution is -2.55. The molecule has 0 aliphatic heterocycles. The van der Waals surface area contributed by atoms with Gasteiger partial charge in [-0.2, -0.15) is 0 Å². The van der Waals surface area contributed by atoms with Gasteiger partial charge in [-0.25, -0.2) is 4.98 Å². The summed E-state index contributed by atoms with van der Waals surface area (Å²) in [5, 5.41) is 5.32. The van der Waals surface area contributed by atoms with Crippen molar-refractivity contribution in [1.82, 2.24) is 10.3 Å². The number of thioether (sulfide) groups is 1. The summed E-state index contributed by atoms with van der Waals surface area (Å²) >= 11 is 7.94. The molecule has 4 bridgehead atoms. The third kappa shape index (κ3) is 3.76. The summed E-state index contributed by atoms with van der Waals surface area (Å²) in [7, 11) is 0. The first-order valence-electron chi connectivity index (χ1n) is 10.8. The molecule has 3 nitrogen and oxygen atoms in total. The predicted molar refractivity (Wildman–Crippen MR) is 110 cm³/mol. The lowest BCUT2D eigenvalue weighted by molar-refractivity contribution is -0.0120. The highest BCUT2D eigenvalue weighted by molar-refractivity contribution is 7.99. The SMILES string of the molecule is O=C(NC1C2CC3CC(C2)CC1C3)c1ccc(Cl)nc1SC1CCCCC1. The lowest BCUT2D eigenvalue weighted by atomic mass is 9.54. The predicted octanol–water partition coefficient (Wildman–Crippen LogP) is 5.71. The van der Waals surface area contributed by atoms with Crippen LogP contribution in [0.15, 0.2) is 17.2 Å². The zero-order valence-electron chi connectivity index (χ0n) is 15.8. The van der Waals surface area contributed by atoms with E-state index >= 15 is 0 Å². The highest BCUT2D eigenvalue weighted by Gasteiger charge is 2.48. The molecule has 1 aromatic heterocycles. The van der Waals surface area contributed by atoms with E-state index in [1.54, 1.807) is 17.8 Å². The molecule has 0 atom stereocenters. The summed E-state index contributed by atoms with van der Waals surface area (Å²) in [4.78, 5) is 17.7. The number of pyridine rings is 1. The molecule has 5 heteroatoms. The van der Waals surface area contributed by atoms with Crippen molar-refractivity contribution in [2.75, 3.05) is 0 Å². The maximum atomic E-state index is 13.2. The van der Waals surface area contributed by atoms with Crippen LogP contribution in [0.3, 0.4) is 0 Å². The molecule has 0 radical (unpaired) electrons. The summed E-state index contributed by atoms with van der Waals surface area (Å²) in [5.74, 6) is 3.31. The molecule has 0 aromatic carbocycles. The van der Waals surface area contributed by atoms with Crippen molar-refractivity contribution in [3.05, 3.63) is 22.8 Å². The number of hydrogen-bond acceptors (Lipinski definition) is 3. The monoisotopic (exact) mass is 404 g/mol. The minimum Gasteiger partial charge on any atom is -0.349 e. The van der Waals surface area contributed by atoms with Crippen LogP contribution in [0.2, 0.25) is 5.15 Å². The van der Waals surface area contributed by atoms with Crippen LogP contribution in [0.5, 0.6) is 0 Å². The molecule has 27 heavy (non-hydrogen) atoms. The standard InChI is InChI=1S/C22H29ClN2OS/c23-19-7-6-18(22(24-19)27-17-4-2-1-3-5-17)21(26)25-20-15-9-13-8-14(11-15)12-16(20)10-13/h6-7,13-17,20H,1-5,8-12H2,(H,25,26). The number of carbonyl (C=O) groups is 1. The van der Waals surface area contributed by atoms with E-state index in [9.17, 15) is 4.79 Å². The Hall–Kier alpha value is -0.740. The molecule has 5 aliphatic rings. The number of halogens is 1. The van der Waals surface area contributed by atoms with Gasteiger partial charge in [0.2, 0.25) is 0 Å². The Labute approximate surface area is 171 Å². The van der Waals surface area contributed by atoms with Gasteiger partial charge in [-0.05, 0) is 80.8 Å². The van der Waals surface area contributed by atoms with Gasteiger partial charge in [0.1, 0.15) is 10.2 Å². The van der Waals surface area contributed by atoms with Crippen LogP contribution in [0, 0.1) is 23.7 Å². The van der Waals surface area contributed by atoms with E-state index in [2.05, 4.69) is 10.3 Å².